The lowest BCUT2D eigenvalue weighted by molar-refractivity contribution is -0.134. The number of ketones is 1. The van der Waals surface area contributed by atoms with Gasteiger partial charge in [0.1, 0.15) is 11.9 Å². The van der Waals surface area contributed by atoms with Crippen LogP contribution < -0.4 is 5.32 Å². The summed E-state index contributed by atoms with van der Waals surface area (Å²) < 4.78 is 0. The van der Waals surface area contributed by atoms with Gasteiger partial charge in [-0.25, -0.2) is 0 Å². The van der Waals surface area contributed by atoms with Crippen molar-refractivity contribution in [2.45, 2.75) is 77.7 Å². The summed E-state index contributed by atoms with van der Waals surface area (Å²) in [4.78, 5) is 18.5. The fraction of sp³-hybridized carbons (Fsp3) is 0.833. The predicted octanol–water partition coefficient (Wildman–Crippen LogP) is 4.50. The van der Waals surface area contributed by atoms with Gasteiger partial charge >= 0.3 is 0 Å². The highest BCUT2D eigenvalue weighted by Gasteiger charge is 2.60. The van der Waals surface area contributed by atoms with Crippen LogP contribution in [0.1, 0.15) is 71.6 Å². The van der Waals surface area contributed by atoms with Crippen LogP contribution in [0.3, 0.4) is 0 Å². The molecule has 0 aromatic rings. The fourth-order valence-electron chi connectivity index (χ4n) is 7.77. The molecule has 5 fully saturated rings. The first-order valence-electron chi connectivity index (χ1n) is 11.5. The first-order valence-corrected chi connectivity index (χ1v) is 11.5. The van der Waals surface area contributed by atoms with Gasteiger partial charge in [-0.2, -0.15) is 0 Å². The molecule has 154 valence electrons. The summed E-state index contributed by atoms with van der Waals surface area (Å²) in [5.41, 5.74) is 2.93. The molecule has 4 nitrogen and oxygen atoms in total. The van der Waals surface area contributed by atoms with Crippen molar-refractivity contribution in [1.82, 2.24) is 5.32 Å². The van der Waals surface area contributed by atoms with E-state index in [0.717, 1.165) is 64.0 Å². The zero-order valence-electron chi connectivity index (χ0n) is 17.6. The molecule has 0 aromatic heterocycles. The van der Waals surface area contributed by atoms with Gasteiger partial charge in [0.25, 0.3) is 0 Å². The summed E-state index contributed by atoms with van der Waals surface area (Å²) in [5.74, 6) is 3.06. The third kappa shape index (κ3) is 2.74. The van der Waals surface area contributed by atoms with E-state index in [1.54, 1.807) is 0 Å². The van der Waals surface area contributed by atoms with Crippen molar-refractivity contribution >= 4 is 11.5 Å². The second kappa shape index (κ2) is 6.68. The molecule has 4 saturated carbocycles. The zero-order chi connectivity index (χ0) is 19.5. The molecule has 1 heterocycles. The Morgan fingerprint density at radius 2 is 1.96 bits per heavy atom. The summed E-state index contributed by atoms with van der Waals surface area (Å²) in [6, 6.07) is 0. The Kier molecular flexibility index (Phi) is 4.50. The average molecular weight is 385 g/mol. The number of allylic oxidation sites excluding steroid dienone is 1. The first-order chi connectivity index (χ1) is 13.4. The maximum atomic E-state index is 12.6. The number of oxime groups is 1. The highest BCUT2D eigenvalue weighted by Crippen LogP contribution is 2.66. The van der Waals surface area contributed by atoms with E-state index in [1.807, 2.05) is 0 Å². The van der Waals surface area contributed by atoms with E-state index in [1.165, 1.54) is 24.1 Å². The third-order valence-electron chi connectivity index (χ3n) is 9.52. The normalized spacial score (nSPS) is 49.6. The van der Waals surface area contributed by atoms with E-state index in [9.17, 15) is 4.79 Å². The number of rotatable bonds is 2. The van der Waals surface area contributed by atoms with Crippen molar-refractivity contribution in [2.24, 2.45) is 39.7 Å². The minimum Gasteiger partial charge on any atom is -0.391 e. The van der Waals surface area contributed by atoms with E-state index in [4.69, 9.17) is 4.84 Å². The molecule has 1 saturated heterocycles. The zero-order valence-corrected chi connectivity index (χ0v) is 17.6. The SMILES string of the molecule is C=C1C[C@@H]2[C@H](CC[C@]3(C)C(=O)CC[C@@H]23)[C@@]2(C)CCC(=NO[C@@H]3CCNC3)CC12. The Morgan fingerprint density at radius 1 is 1.11 bits per heavy atom. The quantitative estimate of drug-likeness (QED) is 0.563. The van der Waals surface area contributed by atoms with Crippen LogP contribution in [0.5, 0.6) is 0 Å². The van der Waals surface area contributed by atoms with E-state index in [2.05, 4.69) is 30.9 Å². The first kappa shape index (κ1) is 18.8. The molecule has 4 heteroatoms. The molecule has 0 radical (unpaired) electrons. The summed E-state index contributed by atoms with van der Waals surface area (Å²) in [7, 11) is 0. The van der Waals surface area contributed by atoms with Gasteiger partial charge in [0.05, 0.1) is 5.71 Å². The highest BCUT2D eigenvalue weighted by molar-refractivity contribution is 5.87. The van der Waals surface area contributed by atoms with Crippen molar-refractivity contribution in [3.63, 3.8) is 0 Å². The number of Topliss-reactive ketones (excluding diaryl/α,β-unsaturated/α-hetero) is 1. The van der Waals surface area contributed by atoms with E-state index >= 15 is 0 Å². The Labute approximate surface area is 169 Å². The molecule has 28 heavy (non-hydrogen) atoms. The van der Waals surface area contributed by atoms with Crippen molar-refractivity contribution in [3.8, 4) is 0 Å². The highest BCUT2D eigenvalue weighted by atomic mass is 16.6. The Bertz CT molecular complexity index is 709. The van der Waals surface area contributed by atoms with Crippen LogP contribution in [0.25, 0.3) is 0 Å². The lowest BCUT2D eigenvalue weighted by Crippen LogP contribution is -2.54. The van der Waals surface area contributed by atoms with Crippen molar-refractivity contribution in [3.05, 3.63) is 12.2 Å². The number of nitrogens with one attached hydrogen (secondary N) is 1. The maximum absolute atomic E-state index is 12.6. The molecular formula is C24H36N2O2. The van der Waals surface area contributed by atoms with E-state index in [-0.39, 0.29) is 11.5 Å². The molecule has 5 aliphatic rings. The lowest BCUT2D eigenvalue weighted by atomic mass is 9.44. The maximum Gasteiger partial charge on any atom is 0.141 e. The molecule has 0 spiro atoms. The van der Waals surface area contributed by atoms with Crippen molar-refractivity contribution < 1.29 is 9.63 Å². The molecule has 0 amide bonds. The second-order valence-corrected chi connectivity index (χ2v) is 10.8. The molecule has 7 atom stereocenters. The van der Waals surface area contributed by atoms with Gasteiger partial charge in [-0.1, -0.05) is 31.2 Å². The molecule has 1 aliphatic heterocycles. The predicted molar refractivity (Wildman–Crippen MR) is 111 cm³/mol. The fourth-order valence-corrected chi connectivity index (χ4v) is 7.77. The topological polar surface area (TPSA) is 50.7 Å². The summed E-state index contributed by atoms with van der Waals surface area (Å²) in [6.07, 6.45) is 9.96. The van der Waals surface area contributed by atoms with Gasteiger partial charge in [0, 0.05) is 24.8 Å². The molecular weight excluding hydrogens is 348 g/mol. The lowest BCUT2D eigenvalue weighted by Gasteiger charge is -2.60. The largest absolute Gasteiger partial charge is 0.391 e. The van der Waals surface area contributed by atoms with Gasteiger partial charge in [-0.15, -0.1) is 0 Å². The van der Waals surface area contributed by atoms with Crippen LogP contribution in [-0.4, -0.2) is 30.7 Å². The molecule has 1 N–H and O–H groups in total. The van der Waals surface area contributed by atoms with Gasteiger partial charge < -0.3 is 10.2 Å². The average Bonchev–Trinajstić information content (AvgIpc) is 3.29. The number of hydrogen-bond acceptors (Lipinski definition) is 4. The summed E-state index contributed by atoms with van der Waals surface area (Å²) in [5, 5.41) is 7.93. The number of nitrogens with zero attached hydrogens (tertiary/aromatic N) is 1. The third-order valence-corrected chi connectivity index (χ3v) is 9.52. The number of carbonyl (C=O) groups is 1. The Morgan fingerprint density at radius 3 is 2.75 bits per heavy atom. The number of fused-ring (bicyclic) bond motifs is 5. The molecule has 4 aliphatic carbocycles. The van der Waals surface area contributed by atoms with Gasteiger partial charge in [-0.05, 0) is 80.6 Å². The summed E-state index contributed by atoms with van der Waals surface area (Å²) >= 11 is 0. The molecule has 5 rings (SSSR count). The van der Waals surface area contributed by atoms with Crippen LogP contribution in [-0.2, 0) is 9.63 Å². The minimum absolute atomic E-state index is 0.0465. The summed E-state index contributed by atoms with van der Waals surface area (Å²) in [6.45, 7) is 11.3. The molecule has 1 unspecified atom stereocenters. The second-order valence-electron chi connectivity index (χ2n) is 10.8. The van der Waals surface area contributed by atoms with Gasteiger partial charge in [-0.3, -0.25) is 4.79 Å². The van der Waals surface area contributed by atoms with Gasteiger partial charge in [0.2, 0.25) is 0 Å². The molecule has 0 aromatic carbocycles. The Balaban J connectivity index is 1.35. The monoisotopic (exact) mass is 384 g/mol. The smallest absolute Gasteiger partial charge is 0.141 e. The van der Waals surface area contributed by atoms with Crippen molar-refractivity contribution in [1.29, 1.82) is 0 Å². The molecule has 0 bridgehead atoms. The van der Waals surface area contributed by atoms with Crippen LogP contribution in [0.4, 0.5) is 0 Å². The van der Waals surface area contributed by atoms with Crippen molar-refractivity contribution in [2.75, 3.05) is 13.1 Å². The Hall–Kier alpha value is -1.16. The van der Waals surface area contributed by atoms with E-state index in [0.29, 0.717) is 29.0 Å². The van der Waals surface area contributed by atoms with Crippen LogP contribution >= 0.6 is 0 Å². The standard InChI is InChI=1S/C24H36N2O2/c1-15-12-18-19-4-5-22(27)24(19,3)10-7-20(18)23(2)9-6-16(13-21(15)23)26-28-17-8-11-25-14-17/h17-21,25H,1,4-14H2,2-3H3/t17-,18+,19+,20+,21?,23-,24+/m1/s1. The van der Waals surface area contributed by atoms with Gasteiger partial charge in [0.15, 0.2) is 0 Å². The minimum atomic E-state index is -0.0465. The number of carbonyl (C=O) groups excluding carboxylic acids is 1. The van der Waals surface area contributed by atoms with Crippen LogP contribution in [0.15, 0.2) is 17.3 Å². The van der Waals surface area contributed by atoms with Crippen LogP contribution in [0, 0.1) is 34.5 Å². The van der Waals surface area contributed by atoms with Crippen LogP contribution in [0.2, 0.25) is 0 Å². The van der Waals surface area contributed by atoms with E-state index < -0.39 is 0 Å². The number of hydrogen-bond donors (Lipinski definition) is 1.